The van der Waals surface area contributed by atoms with Crippen LogP contribution in [0.15, 0.2) is 28.7 Å². The molecule has 2 unspecified atom stereocenters. The van der Waals surface area contributed by atoms with Crippen LogP contribution in [-0.4, -0.2) is 24.0 Å². The molecule has 1 aliphatic rings. The largest absolute Gasteiger partial charge is 0.324 e. The van der Waals surface area contributed by atoms with Crippen LogP contribution in [-0.2, 0) is 0 Å². The maximum absolute atomic E-state index is 6.30. The van der Waals surface area contributed by atoms with Gasteiger partial charge < -0.3 is 10.6 Å². The lowest BCUT2D eigenvalue weighted by Gasteiger charge is -2.25. The van der Waals surface area contributed by atoms with Gasteiger partial charge in [0, 0.05) is 23.1 Å². The van der Waals surface area contributed by atoms with Gasteiger partial charge in [0.05, 0.1) is 0 Å². The van der Waals surface area contributed by atoms with Crippen LogP contribution in [0.25, 0.3) is 0 Å². The molecule has 1 aromatic carbocycles. The van der Waals surface area contributed by atoms with Gasteiger partial charge in [0.25, 0.3) is 0 Å². The lowest BCUT2D eigenvalue weighted by atomic mass is 10.0. The van der Waals surface area contributed by atoms with Gasteiger partial charge in [-0.25, -0.2) is 0 Å². The Bertz CT molecular complexity index is 381. The van der Waals surface area contributed by atoms with Crippen molar-refractivity contribution in [2.24, 2.45) is 5.73 Å². The van der Waals surface area contributed by atoms with Crippen molar-refractivity contribution in [3.8, 4) is 0 Å². The molecule has 3 heteroatoms. The van der Waals surface area contributed by atoms with Gasteiger partial charge in [-0.05, 0) is 43.9 Å². The first-order valence-electron chi connectivity index (χ1n) is 6.96. The average molecular weight is 311 g/mol. The molecule has 2 atom stereocenters. The summed E-state index contributed by atoms with van der Waals surface area (Å²) >= 11 is 3.58. The molecule has 1 aromatic rings. The van der Waals surface area contributed by atoms with Crippen molar-refractivity contribution in [1.29, 1.82) is 0 Å². The van der Waals surface area contributed by atoms with E-state index in [-0.39, 0.29) is 6.04 Å². The Balaban J connectivity index is 1.88. The number of halogens is 1. The summed E-state index contributed by atoms with van der Waals surface area (Å²) in [5.41, 5.74) is 7.53. The highest BCUT2D eigenvalue weighted by Crippen LogP contribution is 2.26. The smallest absolute Gasteiger partial charge is 0.0318 e. The minimum Gasteiger partial charge on any atom is -0.324 e. The molecule has 0 aliphatic carbocycles. The number of nitrogens with two attached hydrogens (primary N) is 1. The third kappa shape index (κ3) is 3.34. The molecule has 1 fully saturated rings. The Kier molecular flexibility index (Phi) is 5.22. The van der Waals surface area contributed by atoms with Crippen molar-refractivity contribution < 1.29 is 0 Å². The summed E-state index contributed by atoms with van der Waals surface area (Å²) < 4.78 is 1.13. The Hall–Kier alpha value is -0.380. The second-order valence-electron chi connectivity index (χ2n) is 5.16. The van der Waals surface area contributed by atoms with E-state index < -0.39 is 0 Å². The van der Waals surface area contributed by atoms with Crippen LogP contribution >= 0.6 is 15.9 Å². The van der Waals surface area contributed by atoms with Gasteiger partial charge in [-0.15, -0.1) is 0 Å². The van der Waals surface area contributed by atoms with E-state index in [9.17, 15) is 0 Å². The van der Waals surface area contributed by atoms with Gasteiger partial charge in [0.2, 0.25) is 0 Å². The van der Waals surface area contributed by atoms with Crippen molar-refractivity contribution in [3.63, 3.8) is 0 Å². The fourth-order valence-corrected chi connectivity index (χ4v) is 3.47. The monoisotopic (exact) mass is 310 g/mol. The Morgan fingerprint density at radius 1 is 1.44 bits per heavy atom. The maximum Gasteiger partial charge on any atom is 0.0318 e. The molecule has 0 amide bonds. The van der Waals surface area contributed by atoms with Crippen LogP contribution < -0.4 is 5.73 Å². The first kappa shape index (κ1) is 14.0. The number of hydrogen-bond donors (Lipinski definition) is 1. The lowest BCUT2D eigenvalue weighted by Crippen LogP contribution is -2.31. The third-order valence-corrected chi connectivity index (χ3v) is 4.72. The zero-order chi connectivity index (χ0) is 13.0. The fourth-order valence-electron chi connectivity index (χ4n) is 2.89. The molecule has 18 heavy (non-hydrogen) atoms. The normalized spacial score (nSPS) is 22.3. The SMILES string of the molecule is CCC1CCCN1CCC(N)c1ccccc1Br. The third-order valence-electron chi connectivity index (χ3n) is 4.00. The summed E-state index contributed by atoms with van der Waals surface area (Å²) in [6, 6.07) is 9.21. The first-order valence-corrected chi connectivity index (χ1v) is 7.75. The topological polar surface area (TPSA) is 29.3 Å². The second-order valence-corrected chi connectivity index (χ2v) is 6.01. The van der Waals surface area contributed by atoms with Gasteiger partial charge in [0.15, 0.2) is 0 Å². The molecule has 0 radical (unpaired) electrons. The van der Waals surface area contributed by atoms with Crippen LogP contribution in [0.2, 0.25) is 0 Å². The lowest BCUT2D eigenvalue weighted by molar-refractivity contribution is 0.239. The molecule has 1 saturated heterocycles. The van der Waals surface area contributed by atoms with Crippen molar-refractivity contribution in [1.82, 2.24) is 4.90 Å². The van der Waals surface area contributed by atoms with Crippen molar-refractivity contribution >= 4 is 15.9 Å². The fraction of sp³-hybridized carbons (Fsp3) is 0.600. The predicted octanol–water partition coefficient (Wildman–Crippen LogP) is 3.71. The zero-order valence-electron chi connectivity index (χ0n) is 11.1. The molecule has 1 heterocycles. The van der Waals surface area contributed by atoms with E-state index in [1.807, 2.05) is 6.07 Å². The minimum absolute atomic E-state index is 0.138. The van der Waals surface area contributed by atoms with Crippen LogP contribution in [0.3, 0.4) is 0 Å². The summed E-state index contributed by atoms with van der Waals surface area (Å²) in [5, 5.41) is 0. The van der Waals surface area contributed by atoms with E-state index >= 15 is 0 Å². The second kappa shape index (κ2) is 6.69. The van der Waals surface area contributed by atoms with E-state index in [0.29, 0.717) is 0 Å². The predicted molar refractivity (Wildman–Crippen MR) is 80.6 cm³/mol. The Morgan fingerprint density at radius 2 is 2.22 bits per heavy atom. The van der Waals surface area contributed by atoms with Crippen molar-refractivity contribution in [2.75, 3.05) is 13.1 Å². The Morgan fingerprint density at radius 3 is 2.94 bits per heavy atom. The molecule has 2 rings (SSSR count). The highest BCUT2D eigenvalue weighted by atomic mass is 79.9. The molecule has 0 saturated carbocycles. The number of benzene rings is 1. The summed E-state index contributed by atoms with van der Waals surface area (Å²) in [7, 11) is 0. The molecule has 0 aromatic heterocycles. The average Bonchev–Trinajstić information content (AvgIpc) is 2.84. The number of rotatable bonds is 5. The minimum atomic E-state index is 0.138. The summed E-state index contributed by atoms with van der Waals surface area (Å²) in [6.45, 7) is 4.67. The van der Waals surface area contributed by atoms with Gasteiger partial charge in [-0.1, -0.05) is 41.1 Å². The van der Waals surface area contributed by atoms with Gasteiger partial charge in [-0.2, -0.15) is 0 Å². The summed E-state index contributed by atoms with van der Waals surface area (Å²) in [4.78, 5) is 2.61. The van der Waals surface area contributed by atoms with E-state index in [1.165, 1.54) is 31.4 Å². The molecule has 2 nitrogen and oxygen atoms in total. The Labute approximate surface area is 119 Å². The first-order chi connectivity index (χ1) is 8.72. The quantitative estimate of drug-likeness (QED) is 0.898. The molecule has 0 bridgehead atoms. The van der Waals surface area contributed by atoms with E-state index in [0.717, 1.165) is 23.5 Å². The number of hydrogen-bond acceptors (Lipinski definition) is 2. The van der Waals surface area contributed by atoms with E-state index in [4.69, 9.17) is 5.73 Å². The molecule has 1 aliphatic heterocycles. The molecule has 100 valence electrons. The van der Waals surface area contributed by atoms with E-state index in [2.05, 4.69) is 46.0 Å². The van der Waals surface area contributed by atoms with Crippen LogP contribution in [0.1, 0.15) is 44.2 Å². The molecule has 0 spiro atoms. The van der Waals surface area contributed by atoms with Gasteiger partial charge >= 0.3 is 0 Å². The summed E-state index contributed by atoms with van der Waals surface area (Å²) in [5.74, 6) is 0. The van der Waals surface area contributed by atoms with Gasteiger partial charge in [0.1, 0.15) is 0 Å². The van der Waals surface area contributed by atoms with Crippen LogP contribution in [0.4, 0.5) is 0 Å². The van der Waals surface area contributed by atoms with Crippen LogP contribution in [0, 0.1) is 0 Å². The zero-order valence-corrected chi connectivity index (χ0v) is 12.7. The molecular formula is C15H23BrN2. The number of likely N-dealkylation sites (tertiary alicyclic amines) is 1. The van der Waals surface area contributed by atoms with Crippen molar-refractivity contribution in [3.05, 3.63) is 34.3 Å². The highest BCUT2D eigenvalue weighted by molar-refractivity contribution is 9.10. The highest BCUT2D eigenvalue weighted by Gasteiger charge is 2.23. The van der Waals surface area contributed by atoms with Crippen LogP contribution in [0.5, 0.6) is 0 Å². The maximum atomic E-state index is 6.30. The van der Waals surface area contributed by atoms with E-state index in [1.54, 1.807) is 0 Å². The van der Waals surface area contributed by atoms with Gasteiger partial charge in [-0.3, -0.25) is 0 Å². The summed E-state index contributed by atoms with van der Waals surface area (Å²) in [6.07, 6.45) is 5.02. The standard InChI is InChI=1S/C15H23BrN2/c1-2-12-6-5-10-18(12)11-9-15(17)13-7-3-4-8-14(13)16/h3-4,7-8,12,15H,2,5-6,9-11,17H2,1H3. The number of nitrogens with zero attached hydrogens (tertiary/aromatic N) is 1. The molecule has 2 N–H and O–H groups in total. The van der Waals surface area contributed by atoms with Crippen molar-refractivity contribution in [2.45, 2.75) is 44.7 Å². The molecular weight excluding hydrogens is 288 g/mol.